The lowest BCUT2D eigenvalue weighted by Gasteiger charge is -2.22. The van der Waals surface area contributed by atoms with E-state index in [2.05, 4.69) is 5.32 Å². The van der Waals surface area contributed by atoms with Crippen molar-refractivity contribution in [2.75, 3.05) is 5.32 Å². The van der Waals surface area contributed by atoms with Gasteiger partial charge in [-0.25, -0.2) is 0 Å². The van der Waals surface area contributed by atoms with E-state index in [1.165, 1.54) is 0 Å². The van der Waals surface area contributed by atoms with Crippen LogP contribution in [0.25, 0.3) is 0 Å². The third kappa shape index (κ3) is 3.36. The number of nitrogens with two attached hydrogens (primary N) is 1. The number of carbonyl (C=O) groups is 2. The number of hydrogen-bond acceptors (Lipinski definition) is 3. The third-order valence-electron chi connectivity index (χ3n) is 3.65. The smallest absolute Gasteiger partial charge is 0.313 e. The van der Waals surface area contributed by atoms with Crippen LogP contribution < -0.4 is 11.1 Å². The first-order valence-corrected chi connectivity index (χ1v) is 6.55. The number of rotatable bonds is 5. The van der Waals surface area contributed by atoms with Crippen molar-refractivity contribution >= 4 is 17.6 Å². The molecule has 5 heteroatoms. The molecule has 0 aromatic heterocycles. The Morgan fingerprint density at radius 3 is 2.10 bits per heavy atom. The summed E-state index contributed by atoms with van der Waals surface area (Å²) in [5, 5.41) is 11.9. The standard InChI is InChI=1S/C15H22N2O3/c1-5-15(4,16)12(18)17-11-8-6-10(7-9-11)14(2,3)13(19)20/h6-9H,5,16H2,1-4H3,(H,17,18)(H,19,20). The minimum Gasteiger partial charge on any atom is -0.481 e. The molecule has 110 valence electrons. The van der Waals surface area contributed by atoms with Crippen LogP contribution in [0.5, 0.6) is 0 Å². The third-order valence-corrected chi connectivity index (χ3v) is 3.65. The molecule has 1 atom stereocenters. The minimum absolute atomic E-state index is 0.259. The van der Waals surface area contributed by atoms with Crippen LogP contribution in [0.2, 0.25) is 0 Å². The molecule has 1 aromatic rings. The van der Waals surface area contributed by atoms with Gasteiger partial charge in [0.25, 0.3) is 0 Å². The molecule has 0 bridgehead atoms. The van der Waals surface area contributed by atoms with Crippen molar-refractivity contribution in [3.8, 4) is 0 Å². The molecule has 4 N–H and O–H groups in total. The predicted molar refractivity (Wildman–Crippen MR) is 78.6 cm³/mol. The van der Waals surface area contributed by atoms with E-state index in [0.29, 0.717) is 17.7 Å². The molecule has 0 radical (unpaired) electrons. The van der Waals surface area contributed by atoms with Crippen LogP contribution in [0, 0.1) is 0 Å². The molecule has 5 nitrogen and oxygen atoms in total. The van der Waals surface area contributed by atoms with Crippen LogP contribution >= 0.6 is 0 Å². The van der Waals surface area contributed by atoms with Gasteiger partial charge in [-0.05, 0) is 44.9 Å². The SMILES string of the molecule is CCC(C)(N)C(=O)Nc1ccc(C(C)(C)C(=O)O)cc1. The van der Waals surface area contributed by atoms with Crippen LogP contribution in [-0.2, 0) is 15.0 Å². The molecule has 0 saturated heterocycles. The Bertz CT molecular complexity index is 504. The fourth-order valence-corrected chi connectivity index (χ4v) is 1.53. The molecule has 0 saturated carbocycles. The summed E-state index contributed by atoms with van der Waals surface area (Å²) < 4.78 is 0. The van der Waals surface area contributed by atoms with Gasteiger partial charge in [0.05, 0.1) is 11.0 Å². The Hall–Kier alpha value is -1.88. The summed E-state index contributed by atoms with van der Waals surface area (Å²) in [6.07, 6.45) is 0.531. The van der Waals surface area contributed by atoms with Gasteiger partial charge in [-0.15, -0.1) is 0 Å². The van der Waals surface area contributed by atoms with Crippen molar-refractivity contribution in [3.63, 3.8) is 0 Å². The van der Waals surface area contributed by atoms with Gasteiger partial charge in [0.15, 0.2) is 0 Å². The Morgan fingerprint density at radius 2 is 1.70 bits per heavy atom. The van der Waals surface area contributed by atoms with E-state index in [0.717, 1.165) is 0 Å². The first-order valence-electron chi connectivity index (χ1n) is 6.55. The summed E-state index contributed by atoms with van der Waals surface area (Å²) >= 11 is 0. The zero-order valence-electron chi connectivity index (χ0n) is 12.4. The topological polar surface area (TPSA) is 92.4 Å². The van der Waals surface area contributed by atoms with Gasteiger partial charge in [0.2, 0.25) is 5.91 Å². The number of carboxylic acid groups (broad SMARTS) is 1. The number of carboxylic acids is 1. The number of amides is 1. The largest absolute Gasteiger partial charge is 0.481 e. The molecule has 0 fully saturated rings. The molecule has 1 unspecified atom stereocenters. The summed E-state index contributed by atoms with van der Waals surface area (Å²) in [6.45, 7) is 6.79. The zero-order valence-corrected chi connectivity index (χ0v) is 12.4. The molecule has 20 heavy (non-hydrogen) atoms. The molecule has 0 heterocycles. The molecule has 1 rings (SSSR count). The van der Waals surface area contributed by atoms with Crippen molar-refractivity contribution in [1.29, 1.82) is 0 Å². The molecule has 0 aliphatic rings. The van der Waals surface area contributed by atoms with E-state index in [1.807, 2.05) is 6.92 Å². The van der Waals surface area contributed by atoms with Gasteiger partial charge in [-0.3, -0.25) is 9.59 Å². The highest BCUT2D eigenvalue weighted by Gasteiger charge is 2.29. The van der Waals surface area contributed by atoms with Crippen molar-refractivity contribution in [3.05, 3.63) is 29.8 Å². The van der Waals surface area contributed by atoms with E-state index in [4.69, 9.17) is 10.8 Å². The average Bonchev–Trinajstić information content (AvgIpc) is 2.39. The number of anilines is 1. The minimum atomic E-state index is -0.964. The van der Waals surface area contributed by atoms with E-state index < -0.39 is 16.9 Å². The lowest BCUT2D eigenvalue weighted by Crippen LogP contribution is -2.47. The summed E-state index contributed by atoms with van der Waals surface area (Å²) in [7, 11) is 0. The van der Waals surface area contributed by atoms with Crippen molar-refractivity contribution in [2.24, 2.45) is 5.73 Å². The van der Waals surface area contributed by atoms with Gasteiger partial charge in [0, 0.05) is 5.69 Å². The maximum absolute atomic E-state index is 11.9. The maximum atomic E-state index is 11.9. The number of carbonyl (C=O) groups excluding carboxylic acids is 1. The van der Waals surface area contributed by atoms with E-state index in [1.54, 1.807) is 45.0 Å². The Morgan fingerprint density at radius 1 is 1.20 bits per heavy atom. The highest BCUT2D eigenvalue weighted by molar-refractivity contribution is 5.97. The maximum Gasteiger partial charge on any atom is 0.313 e. The molecule has 0 aliphatic carbocycles. The van der Waals surface area contributed by atoms with Crippen molar-refractivity contribution < 1.29 is 14.7 Å². The summed E-state index contributed by atoms with van der Waals surface area (Å²) in [4.78, 5) is 23.1. The first kappa shape index (κ1) is 16.2. The lowest BCUT2D eigenvalue weighted by molar-refractivity contribution is -0.142. The van der Waals surface area contributed by atoms with Crippen LogP contribution in [-0.4, -0.2) is 22.5 Å². The van der Waals surface area contributed by atoms with Crippen LogP contribution in [0.4, 0.5) is 5.69 Å². The van der Waals surface area contributed by atoms with Crippen molar-refractivity contribution in [1.82, 2.24) is 0 Å². The summed E-state index contributed by atoms with van der Waals surface area (Å²) in [5.74, 6) is -1.15. The number of benzene rings is 1. The number of aliphatic carboxylic acids is 1. The molecule has 0 aliphatic heterocycles. The normalized spacial score (nSPS) is 14.4. The van der Waals surface area contributed by atoms with Crippen LogP contribution in [0.3, 0.4) is 0 Å². The van der Waals surface area contributed by atoms with Crippen LogP contribution in [0.1, 0.15) is 39.7 Å². The fourth-order valence-electron chi connectivity index (χ4n) is 1.53. The quantitative estimate of drug-likeness (QED) is 0.769. The van der Waals surface area contributed by atoms with Gasteiger partial charge in [-0.2, -0.15) is 0 Å². The van der Waals surface area contributed by atoms with E-state index in [9.17, 15) is 9.59 Å². The molecule has 1 aromatic carbocycles. The molecule has 1 amide bonds. The number of hydrogen-bond donors (Lipinski definition) is 3. The zero-order chi connectivity index (χ0) is 15.6. The van der Waals surface area contributed by atoms with Gasteiger partial charge in [-0.1, -0.05) is 19.1 Å². The van der Waals surface area contributed by atoms with E-state index in [-0.39, 0.29) is 5.91 Å². The van der Waals surface area contributed by atoms with Gasteiger partial charge < -0.3 is 16.2 Å². The van der Waals surface area contributed by atoms with Gasteiger partial charge >= 0.3 is 5.97 Å². The highest BCUT2D eigenvalue weighted by Crippen LogP contribution is 2.25. The Balaban J connectivity index is 2.88. The number of nitrogens with one attached hydrogen (secondary N) is 1. The Labute approximate surface area is 119 Å². The molecule has 0 spiro atoms. The summed E-state index contributed by atoms with van der Waals surface area (Å²) in [6, 6.07) is 6.76. The predicted octanol–water partition coefficient (Wildman–Crippen LogP) is 2.11. The molecular weight excluding hydrogens is 256 g/mol. The van der Waals surface area contributed by atoms with Crippen molar-refractivity contribution in [2.45, 2.75) is 45.1 Å². The lowest BCUT2D eigenvalue weighted by atomic mass is 9.85. The second-order valence-electron chi connectivity index (χ2n) is 5.73. The highest BCUT2D eigenvalue weighted by atomic mass is 16.4. The van der Waals surface area contributed by atoms with E-state index >= 15 is 0 Å². The second-order valence-corrected chi connectivity index (χ2v) is 5.73. The molecular formula is C15H22N2O3. The second kappa shape index (κ2) is 5.63. The summed E-state index contributed by atoms with van der Waals surface area (Å²) in [5.41, 5.74) is 5.25. The first-order chi connectivity index (χ1) is 9.11. The average molecular weight is 278 g/mol. The van der Waals surface area contributed by atoms with Gasteiger partial charge in [0.1, 0.15) is 0 Å². The monoisotopic (exact) mass is 278 g/mol. The van der Waals surface area contributed by atoms with Crippen LogP contribution in [0.15, 0.2) is 24.3 Å². The fraction of sp³-hybridized carbons (Fsp3) is 0.467. The Kier molecular flexibility index (Phi) is 4.55.